The summed E-state index contributed by atoms with van der Waals surface area (Å²) in [5.74, 6) is 0.0379. The number of nitrogens with zero attached hydrogens (tertiary/aromatic N) is 1. The molecule has 2 saturated carbocycles. The van der Waals surface area contributed by atoms with Crippen LogP contribution in [0.1, 0.15) is 47.2 Å². The first-order valence-electron chi connectivity index (χ1n) is 6.54. The van der Waals surface area contributed by atoms with Crippen LogP contribution in [0.2, 0.25) is 0 Å². The fraction of sp³-hybridized carbons (Fsp3) is 0.467. The summed E-state index contributed by atoms with van der Waals surface area (Å²) in [5, 5.41) is 12.3. The second-order valence-corrected chi connectivity index (χ2v) is 5.92. The number of nitriles is 1. The van der Waals surface area contributed by atoms with Gasteiger partial charge in [0.2, 0.25) is 0 Å². The van der Waals surface area contributed by atoms with E-state index < -0.39 is 0 Å². The maximum Gasteiger partial charge on any atom is 0.251 e. The molecular weight excluding hydrogens is 224 g/mol. The highest BCUT2D eigenvalue weighted by Gasteiger charge is 2.51. The molecule has 18 heavy (non-hydrogen) atoms. The van der Waals surface area contributed by atoms with Crippen molar-refractivity contribution < 1.29 is 4.79 Å². The lowest BCUT2D eigenvalue weighted by atomic mass is 9.84. The van der Waals surface area contributed by atoms with E-state index in [1.54, 1.807) is 0 Å². The highest BCUT2D eigenvalue weighted by Crippen LogP contribution is 2.53. The summed E-state index contributed by atoms with van der Waals surface area (Å²) < 4.78 is 0. The van der Waals surface area contributed by atoms with Crippen LogP contribution in [-0.4, -0.2) is 12.5 Å². The summed E-state index contributed by atoms with van der Waals surface area (Å²) in [7, 11) is 0. The largest absolute Gasteiger partial charge is 0.351 e. The highest BCUT2D eigenvalue weighted by molar-refractivity contribution is 5.98. The number of benzene rings is 1. The molecule has 1 aliphatic heterocycles. The van der Waals surface area contributed by atoms with Gasteiger partial charge < -0.3 is 5.32 Å². The zero-order valence-corrected chi connectivity index (χ0v) is 10.1. The summed E-state index contributed by atoms with van der Waals surface area (Å²) >= 11 is 0. The second-order valence-electron chi connectivity index (χ2n) is 5.92. The topological polar surface area (TPSA) is 52.9 Å². The Morgan fingerprint density at radius 1 is 1.22 bits per heavy atom. The van der Waals surface area contributed by atoms with Crippen LogP contribution in [0.25, 0.3) is 0 Å². The normalized spacial score (nSPS) is 24.9. The van der Waals surface area contributed by atoms with Crippen molar-refractivity contribution in [3.8, 4) is 6.07 Å². The minimum absolute atomic E-state index is 0.0379. The zero-order valence-electron chi connectivity index (χ0n) is 10.1. The third kappa shape index (κ3) is 1.16. The van der Waals surface area contributed by atoms with Crippen molar-refractivity contribution in [1.29, 1.82) is 5.26 Å². The van der Waals surface area contributed by atoms with Gasteiger partial charge >= 0.3 is 0 Å². The Morgan fingerprint density at radius 3 is 2.61 bits per heavy atom. The van der Waals surface area contributed by atoms with Gasteiger partial charge in [0.1, 0.15) is 0 Å². The van der Waals surface area contributed by atoms with Gasteiger partial charge in [-0.1, -0.05) is 12.1 Å². The van der Waals surface area contributed by atoms with Crippen molar-refractivity contribution in [1.82, 2.24) is 5.32 Å². The fourth-order valence-electron chi connectivity index (χ4n) is 3.11. The van der Waals surface area contributed by atoms with E-state index in [-0.39, 0.29) is 16.7 Å². The zero-order chi connectivity index (χ0) is 12.4. The van der Waals surface area contributed by atoms with Gasteiger partial charge in [-0.2, -0.15) is 5.26 Å². The van der Waals surface area contributed by atoms with Gasteiger partial charge in [0.25, 0.3) is 5.91 Å². The van der Waals surface area contributed by atoms with Gasteiger partial charge in [0, 0.05) is 17.5 Å². The number of amides is 1. The van der Waals surface area contributed by atoms with Crippen LogP contribution < -0.4 is 5.32 Å². The van der Waals surface area contributed by atoms with Crippen LogP contribution in [-0.2, 0) is 10.8 Å². The van der Waals surface area contributed by atoms with Crippen LogP contribution in [0.15, 0.2) is 18.2 Å². The van der Waals surface area contributed by atoms with Crippen molar-refractivity contribution in [3.63, 3.8) is 0 Å². The molecule has 0 atom stereocenters. The minimum atomic E-state index is -0.251. The molecule has 90 valence electrons. The summed E-state index contributed by atoms with van der Waals surface area (Å²) in [6, 6.07) is 8.45. The molecule has 0 aromatic heterocycles. The van der Waals surface area contributed by atoms with Gasteiger partial charge in [0.15, 0.2) is 0 Å². The predicted molar refractivity (Wildman–Crippen MR) is 66.2 cm³/mol. The van der Waals surface area contributed by atoms with Crippen molar-refractivity contribution in [2.45, 2.75) is 36.5 Å². The lowest BCUT2D eigenvalue weighted by Gasteiger charge is -2.26. The molecule has 1 spiro atoms. The van der Waals surface area contributed by atoms with Crippen LogP contribution in [0.3, 0.4) is 0 Å². The summed E-state index contributed by atoms with van der Waals surface area (Å²) in [4.78, 5) is 11.9. The van der Waals surface area contributed by atoms with Crippen molar-refractivity contribution in [3.05, 3.63) is 34.9 Å². The number of rotatable bonds is 1. The average Bonchev–Trinajstić information content (AvgIpc) is 3.30. The van der Waals surface area contributed by atoms with Gasteiger partial charge in [-0.05, 0) is 42.9 Å². The molecule has 0 unspecified atom stereocenters. The number of fused-ring (bicyclic) bond motifs is 2. The molecule has 3 heteroatoms. The molecule has 4 rings (SSSR count). The predicted octanol–water partition coefficient (Wildman–Crippen LogP) is 2.02. The summed E-state index contributed by atoms with van der Waals surface area (Å²) in [6.07, 6.45) is 4.23. The van der Waals surface area contributed by atoms with Gasteiger partial charge in [0.05, 0.1) is 11.5 Å². The molecule has 0 radical (unpaired) electrons. The first-order valence-corrected chi connectivity index (χ1v) is 6.54. The third-order valence-corrected chi connectivity index (χ3v) is 4.79. The molecule has 2 fully saturated rings. The van der Waals surface area contributed by atoms with Crippen molar-refractivity contribution >= 4 is 5.91 Å². The Labute approximate surface area is 106 Å². The lowest BCUT2D eigenvalue weighted by molar-refractivity contribution is 0.0937. The second kappa shape index (κ2) is 2.95. The summed E-state index contributed by atoms with van der Waals surface area (Å²) in [6.45, 7) is 0.766. The molecule has 3 nitrogen and oxygen atoms in total. The minimum Gasteiger partial charge on any atom is -0.351 e. The highest BCUT2D eigenvalue weighted by atomic mass is 16.1. The van der Waals surface area contributed by atoms with Crippen molar-refractivity contribution in [2.75, 3.05) is 6.54 Å². The number of hydrogen-bond acceptors (Lipinski definition) is 2. The molecular formula is C15H14N2O. The standard InChI is InChI=1S/C15H14N2O/c16-8-14(3-4-14)10-1-2-11-12(7-10)15(5-6-15)9-17-13(11)18/h1-2,7H,3-6,9H2,(H,17,18). The SMILES string of the molecule is N#CC1(c2ccc3c(c2)C2(CC2)CNC3=O)CC1. The molecule has 1 heterocycles. The smallest absolute Gasteiger partial charge is 0.251 e. The monoisotopic (exact) mass is 238 g/mol. The van der Waals surface area contributed by atoms with Gasteiger partial charge in [-0.15, -0.1) is 0 Å². The molecule has 1 N–H and O–H groups in total. The number of carbonyl (C=O) groups is 1. The molecule has 1 aromatic rings. The van der Waals surface area contributed by atoms with E-state index in [0.717, 1.165) is 43.4 Å². The van der Waals surface area contributed by atoms with E-state index in [0.29, 0.717) is 0 Å². The van der Waals surface area contributed by atoms with Crippen molar-refractivity contribution in [2.24, 2.45) is 0 Å². The van der Waals surface area contributed by atoms with Crippen LogP contribution in [0.5, 0.6) is 0 Å². The first kappa shape index (κ1) is 10.1. The quantitative estimate of drug-likeness (QED) is 0.813. The Balaban J connectivity index is 1.88. The van der Waals surface area contributed by atoms with Gasteiger partial charge in [-0.3, -0.25) is 4.79 Å². The maximum absolute atomic E-state index is 11.9. The third-order valence-electron chi connectivity index (χ3n) is 4.79. The average molecular weight is 238 g/mol. The van der Waals surface area contributed by atoms with Crippen LogP contribution in [0.4, 0.5) is 0 Å². The Bertz CT molecular complexity index is 603. The number of hydrogen-bond donors (Lipinski definition) is 1. The Morgan fingerprint density at radius 2 is 2.00 bits per heavy atom. The number of carbonyl (C=O) groups excluding carboxylic acids is 1. The van der Waals surface area contributed by atoms with E-state index in [9.17, 15) is 10.1 Å². The van der Waals surface area contributed by atoms with Crippen LogP contribution in [0, 0.1) is 11.3 Å². The van der Waals surface area contributed by atoms with E-state index in [1.807, 2.05) is 12.1 Å². The molecule has 0 saturated heterocycles. The molecule has 1 aromatic carbocycles. The van der Waals surface area contributed by atoms with E-state index in [4.69, 9.17) is 0 Å². The molecule has 3 aliphatic rings. The fourth-order valence-corrected chi connectivity index (χ4v) is 3.11. The van der Waals surface area contributed by atoms with E-state index >= 15 is 0 Å². The molecule has 0 bridgehead atoms. The first-order chi connectivity index (χ1) is 8.69. The Kier molecular flexibility index (Phi) is 1.66. The number of nitrogens with one attached hydrogen (secondary N) is 1. The van der Waals surface area contributed by atoms with E-state index in [2.05, 4.69) is 17.5 Å². The summed E-state index contributed by atoms with van der Waals surface area (Å²) in [5.41, 5.74) is 3.05. The lowest BCUT2D eigenvalue weighted by Crippen LogP contribution is -2.39. The molecule has 2 aliphatic carbocycles. The van der Waals surface area contributed by atoms with E-state index in [1.165, 1.54) is 5.56 Å². The Hall–Kier alpha value is -1.82. The van der Waals surface area contributed by atoms with Crippen LogP contribution >= 0.6 is 0 Å². The maximum atomic E-state index is 11.9. The van der Waals surface area contributed by atoms with Gasteiger partial charge in [-0.25, -0.2) is 0 Å². The molecule has 1 amide bonds.